The first-order valence-corrected chi connectivity index (χ1v) is 11.1. The van der Waals surface area contributed by atoms with Crippen molar-refractivity contribution in [2.75, 3.05) is 33.3 Å². The molecular weight excluding hydrogens is 372 g/mol. The normalized spacial score (nSPS) is 31.5. The number of esters is 1. The molecule has 29 heavy (non-hydrogen) atoms. The number of nitrogens with zero attached hydrogens (tertiary/aromatic N) is 2. The van der Waals surface area contributed by atoms with Crippen molar-refractivity contribution in [1.82, 2.24) is 9.80 Å². The van der Waals surface area contributed by atoms with Crippen molar-refractivity contribution in [2.45, 2.75) is 89.4 Å². The van der Waals surface area contributed by atoms with E-state index in [1.807, 2.05) is 20.8 Å². The average Bonchev–Trinajstić information content (AvgIpc) is 3.37. The van der Waals surface area contributed by atoms with Crippen LogP contribution in [0.15, 0.2) is 0 Å². The van der Waals surface area contributed by atoms with E-state index in [0.717, 1.165) is 64.6 Å². The Labute approximate surface area is 175 Å². The fraction of sp³-hybridized carbons (Fsp3) is 0.909. The van der Waals surface area contributed by atoms with E-state index in [4.69, 9.17) is 14.2 Å². The van der Waals surface area contributed by atoms with Crippen molar-refractivity contribution in [3.05, 3.63) is 0 Å². The molecule has 2 heterocycles. The minimum absolute atomic E-state index is 0.0118. The van der Waals surface area contributed by atoms with Gasteiger partial charge in [-0.1, -0.05) is 0 Å². The maximum atomic E-state index is 13.7. The molecule has 3 fully saturated rings. The Bertz CT molecular complexity index is 564. The fourth-order valence-corrected chi connectivity index (χ4v) is 4.75. The number of hydrogen-bond acceptors (Lipinski definition) is 7. The molecule has 0 amide bonds. The maximum Gasteiger partial charge on any atom is 0.371 e. The molecule has 2 saturated heterocycles. The van der Waals surface area contributed by atoms with E-state index in [9.17, 15) is 9.59 Å². The highest BCUT2D eigenvalue weighted by Gasteiger charge is 2.56. The zero-order chi connectivity index (χ0) is 21.1. The van der Waals surface area contributed by atoms with Crippen LogP contribution in [0.1, 0.15) is 65.7 Å². The molecule has 1 saturated carbocycles. The number of carbonyl (C=O) groups is 1. The molecule has 7 heteroatoms. The van der Waals surface area contributed by atoms with Crippen molar-refractivity contribution in [2.24, 2.45) is 5.92 Å². The van der Waals surface area contributed by atoms with Crippen molar-refractivity contribution < 1.29 is 23.8 Å². The van der Waals surface area contributed by atoms with Crippen LogP contribution < -0.4 is 0 Å². The lowest BCUT2D eigenvalue weighted by Gasteiger charge is -2.48. The summed E-state index contributed by atoms with van der Waals surface area (Å²) in [5.74, 6) is -1.56. The zero-order valence-corrected chi connectivity index (χ0v) is 18.4. The second-order valence-electron chi connectivity index (χ2n) is 9.61. The molecule has 1 aliphatic carbocycles. The Morgan fingerprint density at radius 2 is 1.59 bits per heavy atom. The maximum absolute atomic E-state index is 13.7. The van der Waals surface area contributed by atoms with Gasteiger partial charge < -0.3 is 14.2 Å². The van der Waals surface area contributed by atoms with Gasteiger partial charge >= 0.3 is 5.97 Å². The van der Waals surface area contributed by atoms with Crippen LogP contribution in [-0.2, 0) is 23.8 Å². The highest BCUT2D eigenvalue weighted by atomic mass is 16.6. The minimum atomic E-state index is -1.22. The fourth-order valence-electron chi connectivity index (χ4n) is 4.75. The first-order chi connectivity index (χ1) is 13.8. The smallest absolute Gasteiger partial charge is 0.371 e. The van der Waals surface area contributed by atoms with Gasteiger partial charge in [0.2, 0.25) is 6.29 Å². The summed E-state index contributed by atoms with van der Waals surface area (Å²) < 4.78 is 18.3. The van der Waals surface area contributed by atoms with Crippen molar-refractivity contribution in [1.29, 1.82) is 0 Å². The Kier molecular flexibility index (Phi) is 7.36. The van der Waals surface area contributed by atoms with Crippen molar-refractivity contribution >= 4 is 12.3 Å². The Morgan fingerprint density at radius 3 is 2.10 bits per heavy atom. The van der Waals surface area contributed by atoms with E-state index in [-0.39, 0.29) is 24.1 Å². The van der Waals surface area contributed by atoms with Crippen LogP contribution in [0.3, 0.4) is 0 Å². The molecule has 0 aromatic heterocycles. The zero-order valence-electron chi connectivity index (χ0n) is 18.4. The average molecular weight is 410 g/mol. The van der Waals surface area contributed by atoms with Gasteiger partial charge in [0.15, 0.2) is 0 Å². The lowest BCUT2D eigenvalue weighted by atomic mass is 9.88. The summed E-state index contributed by atoms with van der Waals surface area (Å²) >= 11 is 0. The van der Waals surface area contributed by atoms with Crippen LogP contribution in [0.25, 0.3) is 0 Å². The van der Waals surface area contributed by atoms with E-state index < -0.39 is 11.4 Å². The molecule has 2 atom stereocenters. The summed E-state index contributed by atoms with van der Waals surface area (Å²) in [7, 11) is 1.72. The molecule has 1 radical (unpaired) electrons. The first kappa shape index (κ1) is 22.7. The Morgan fingerprint density at radius 1 is 0.931 bits per heavy atom. The second kappa shape index (κ2) is 9.41. The SMILES string of the molecule is CO[C@H]1CCN(C(O[C@H]2CC[C@H]([C]=O)CC2)(C(=O)OC(C)(C)C)N2CCCC2)C1. The van der Waals surface area contributed by atoms with Gasteiger partial charge in [0.1, 0.15) is 5.60 Å². The number of likely N-dealkylation sites (tertiary alicyclic amines) is 2. The number of ether oxygens (including phenoxy) is 3. The van der Waals surface area contributed by atoms with Gasteiger partial charge in [-0.15, -0.1) is 0 Å². The van der Waals surface area contributed by atoms with Gasteiger partial charge in [-0.05, 0) is 65.7 Å². The summed E-state index contributed by atoms with van der Waals surface area (Å²) in [6.45, 7) is 8.68. The molecular formula is C22H37N2O5. The van der Waals surface area contributed by atoms with Crippen LogP contribution in [-0.4, -0.2) is 79.0 Å². The molecule has 2 aliphatic heterocycles. The summed E-state index contributed by atoms with van der Waals surface area (Å²) in [6, 6.07) is 0. The Hall–Kier alpha value is -1.02. The lowest BCUT2D eigenvalue weighted by molar-refractivity contribution is -0.274. The minimum Gasteiger partial charge on any atom is -0.456 e. The molecule has 0 bridgehead atoms. The predicted octanol–water partition coefficient (Wildman–Crippen LogP) is 2.48. The van der Waals surface area contributed by atoms with E-state index in [1.165, 1.54) is 0 Å². The van der Waals surface area contributed by atoms with Crippen LogP contribution in [0.2, 0.25) is 0 Å². The van der Waals surface area contributed by atoms with Gasteiger partial charge in [0.05, 0.1) is 12.2 Å². The molecule has 3 aliphatic rings. The number of methoxy groups -OCH3 is 1. The quantitative estimate of drug-likeness (QED) is 0.599. The van der Waals surface area contributed by atoms with Gasteiger partial charge in [-0.3, -0.25) is 14.6 Å². The highest BCUT2D eigenvalue weighted by Crippen LogP contribution is 2.37. The number of rotatable bonds is 7. The molecule has 7 nitrogen and oxygen atoms in total. The van der Waals surface area contributed by atoms with Gasteiger partial charge in [0, 0.05) is 39.2 Å². The van der Waals surface area contributed by atoms with E-state index in [1.54, 1.807) is 7.11 Å². The van der Waals surface area contributed by atoms with Gasteiger partial charge in [0.25, 0.3) is 5.85 Å². The van der Waals surface area contributed by atoms with E-state index in [2.05, 4.69) is 16.1 Å². The molecule has 0 spiro atoms. The van der Waals surface area contributed by atoms with Gasteiger partial charge in [-0.2, -0.15) is 0 Å². The molecule has 165 valence electrons. The lowest BCUT2D eigenvalue weighted by Crippen LogP contribution is -2.68. The third-order valence-electron chi connectivity index (χ3n) is 6.28. The number of hydrogen-bond donors (Lipinski definition) is 0. The summed E-state index contributed by atoms with van der Waals surface area (Å²) in [4.78, 5) is 29.0. The summed E-state index contributed by atoms with van der Waals surface area (Å²) in [5.41, 5.74) is -0.601. The third kappa shape index (κ3) is 5.19. The monoisotopic (exact) mass is 409 g/mol. The van der Waals surface area contributed by atoms with Crippen molar-refractivity contribution in [3.63, 3.8) is 0 Å². The van der Waals surface area contributed by atoms with Gasteiger partial charge in [-0.25, -0.2) is 4.79 Å². The predicted molar refractivity (Wildman–Crippen MR) is 109 cm³/mol. The molecule has 1 unspecified atom stereocenters. The van der Waals surface area contributed by atoms with Crippen LogP contribution in [0.4, 0.5) is 0 Å². The van der Waals surface area contributed by atoms with E-state index >= 15 is 0 Å². The molecule has 0 aromatic carbocycles. The summed E-state index contributed by atoms with van der Waals surface area (Å²) in [6.07, 6.45) is 8.15. The third-order valence-corrected chi connectivity index (χ3v) is 6.28. The first-order valence-electron chi connectivity index (χ1n) is 11.1. The van der Waals surface area contributed by atoms with Crippen LogP contribution in [0.5, 0.6) is 0 Å². The number of carbonyl (C=O) groups excluding carboxylic acids is 2. The molecule has 0 aromatic rings. The molecule has 3 rings (SSSR count). The molecule has 0 N–H and O–H groups in total. The highest BCUT2D eigenvalue weighted by molar-refractivity contribution is 5.79. The van der Waals surface area contributed by atoms with E-state index in [0.29, 0.717) is 6.54 Å². The topological polar surface area (TPSA) is 68.3 Å². The van der Waals surface area contributed by atoms with Crippen LogP contribution in [0, 0.1) is 5.92 Å². The Balaban J connectivity index is 1.90. The van der Waals surface area contributed by atoms with Crippen LogP contribution >= 0.6 is 0 Å². The van der Waals surface area contributed by atoms with Crippen molar-refractivity contribution in [3.8, 4) is 0 Å². The second-order valence-corrected chi connectivity index (χ2v) is 9.61. The standard InChI is InChI=1S/C22H37N2O5/c1-21(2,3)29-20(26)22(23-12-5-6-13-23,24-14-11-19(15-24)27-4)28-18-9-7-17(16-25)8-10-18/h17-19H,5-15H2,1-4H3/t17-,18-,19-,22?/m0/s1. The largest absolute Gasteiger partial charge is 0.456 e. The summed E-state index contributed by atoms with van der Waals surface area (Å²) in [5, 5.41) is 0.